The first-order valence-electron chi connectivity index (χ1n) is 4.98. The molecular weight excluding hydrogens is 481 g/mol. The standard InChI is InChI=1S/C10H11I2N2O3P/c11-3-1-5-7(8(16)6(3)9(12)18)4(15)2-10(13,14)17-5/h1,9,16H,2,13-14,18H2. The van der Waals surface area contributed by atoms with Crippen molar-refractivity contribution in [2.45, 2.75) is 15.9 Å². The normalized spacial score (nSPS) is 19.1. The van der Waals surface area contributed by atoms with E-state index in [2.05, 4.69) is 54.4 Å². The quantitative estimate of drug-likeness (QED) is 0.241. The first kappa shape index (κ1) is 14.7. The Hall–Kier alpha value is 0.300. The third-order valence-electron chi connectivity index (χ3n) is 2.54. The minimum absolute atomic E-state index is 0.00460. The summed E-state index contributed by atoms with van der Waals surface area (Å²) >= 11 is 4.22. The molecule has 1 aliphatic rings. The number of rotatable bonds is 1. The monoisotopic (exact) mass is 492 g/mol. The van der Waals surface area contributed by atoms with Crippen LogP contribution in [0.15, 0.2) is 6.07 Å². The summed E-state index contributed by atoms with van der Waals surface area (Å²) in [6, 6.07) is 1.67. The van der Waals surface area contributed by atoms with Crippen molar-refractivity contribution in [1.29, 1.82) is 0 Å². The van der Waals surface area contributed by atoms with Crippen molar-refractivity contribution in [3.63, 3.8) is 0 Å². The van der Waals surface area contributed by atoms with Crippen LogP contribution in [0.2, 0.25) is 0 Å². The van der Waals surface area contributed by atoms with E-state index in [1.54, 1.807) is 6.07 Å². The van der Waals surface area contributed by atoms with E-state index in [1.165, 1.54) is 0 Å². The first-order valence-corrected chi connectivity index (χ1v) is 7.97. The number of benzene rings is 1. The highest BCUT2D eigenvalue weighted by molar-refractivity contribution is 14.1. The summed E-state index contributed by atoms with van der Waals surface area (Å²) < 4.78 is 6.14. The van der Waals surface area contributed by atoms with Gasteiger partial charge in [-0.15, -0.1) is 9.24 Å². The Balaban J connectivity index is 2.67. The van der Waals surface area contributed by atoms with Gasteiger partial charge in [-0.25, -0.2) is 0 Å². The lowest BCUT2D eigenvalue weighted by atomic mass is 9.98. The number of carbonyl (C=O) groups is 1. The van der Waals surface area contributed by atoms with Crippen LogP contribution in [0.4, 0.5) is 0 Å². The second-order valence-electron chi connectivity index (χ2n) is 4.05. The van der Waals surface area contributed by atoms with E-state index < -0.39 is 5.85 Å². The molecule has 1 aliphatic heterocycles. The predicted octanol–water partition coefficient (Wildman–Crippen LogP) is 1.84. The molecule has 0 aliphatic carbocycles. The maximum Gasteiger partial charge on any atom is 0.220 e. The van der Waals surface area contributed by atoms with Gasteiger partial charge in [0.15, 0.2) is 5.78 Å². The van der Waals surface area contributed by atoms with Crippen molar-refractivity contribution in [3.8, 4) is 11.5 Å². The average molecular weight is 492 g/mol. The molecule has 1 aromatic carbocycles. The van der Waals surface area contributed by atoms with E-state index in [9.17, 15) is 9.90 Å². The highest BCUT2D eigenvalue weighted by Crippen LogP contribution is 2.46. The maximum atomic E-state index is 12.0. The van der Waals surface area contributed by atoms with Crippen LogP contribution in [0, 0.1) is 3.57 Å². The number of phenolic OH excluding ortho intramolecular Hbond substituents is 1. The van der Waals surface area contributed by atoms with Crippen molar-refractivity contribution >= 4 is 60.2 Å². The van der Waals surface area contributed by atoms with Gasteiger partial charge < -0.3 is 9.84 Å². The highest BCUT2D eigenvalue weighted by atomic mass is 127. The molecule has 0 amide bonds. The van der Waals surface area contributed by atoms with Crippen LogP contribution in [0.5, 0.6) is 11.5 Å². The van der Waals surface area contributed by atoms with Gasteiger partial charge in [0.1, 0.15) is 17.1 Å². The lowest BCUT2D eigenvalue weighted by molar-refractivity contribution is 0.0481. The number of alkyl halides is 1. The van der Waals surface area contributed by atoms with Gasteiger partial charge in [-0.2, -0.15) is 0 Å². The Morgan fingerprint density at radius 2 is 2.17 bits per heavy atom. The summed E-state index contributed by atoms with van der Waals surface area (Å²) in [6.07, 6.45) is -0.156. The molecule has 5 nitrogen and oxygen atoms in total. The minimum atomic E-state index is -1.51. The van der Waals surface area contributed by atoms with Crippen LogP contribution in [-0.2, 0) is 0 Å². The van der Waals surface area contributed by atoms with Crippen LogP contribution >= 0.6 is 54.4 Å². The van der Waals surface area contributed by atoms with E-state index in [0.717, 1.165) is 3.57 Å². The number of nitrogens with two attached hydrogens (primary N) is 2. The van der Waals surface area contributed by atoms with Crippen LogP contribution < -0.4 is 16.2 Å². The number of ether oxygens (including phenoxy) is 1. The number of Topliss-reactive ketones (excluding diaryl/α,β-unsaturated/α-hetero) is 1. The van der Waals surface area contributed by atoms with E-state index in [-0.39, 0.29) is 32.9 Å². The van der Waals surface area contributed by atoms with Crippen LogP contribution in [0.25, 0.3) is 0 Å². The molecule has 0 saturated carbocycles. The minimum Gasteiger partial charge on any atom is -0.507 e. The molecule has 98 valence electrons. The Kier molecular flexibility index (Phi) is 4.09. The van der Waals surface area contributed by atoms with Crippen molar-refractivity contribution < 1.29 is 14.6 Å². The van der Waals surface area contributed by atoms with E-state index in [0.29, 0.717) is 5.56 Å². The molecule has 0 spiro atoms. The Bertz CT molecular complexity index is 534. The Morgan fingerprint density at radius 1 is 1.56 bits per heavy atom. The average Bonchev–Trinajstić information content (AvgIpc) is 2.11. The molecule has 0 fully saturated rings. The summed E-state index contributed by atoms with van der Waals surface area (Å²) in [6.45, 7) is 0. The zero-order valence-corrected chi connectivity index (χ0v) is 14.6. The maximum absolute atomic E-state index is 12.0. The number of fused-ring (bicyclic) bond motifs is 1. The second kappa shape index (κ2) is 5.01. The third-order valence-corrected chi connectivity index (χ3v) is 4.39. The molecule has 5 N–H and O–H groups in total. The molecule has 2 unspecified atom stereocenters. The number of phenols is 1. The smallest absolute Gasteiger partial charge is 0.220 e. The SMILES string of the molecule is NC1(N)CC(=O)c2c(cc(I)c(C(P)I)c2O)O1. The fourth-order valence-corrected chi connectivity index (χ4v) is 4.60. The zero-order valence-electron chi connectivity index (χ0n) is 9.11. The third kappa shape index (κ3) is 2.60. The lowest BCUT2D eigenvalue weighted by Gasteiger charge is -2.31. The molecule has 2 rings (SSSR count). The van der Waals surface area contributed by atoms with E-state index in [1.807, 2.05) is 0 Å². The van der Waals surface area contributed by atoms with Crippen LogP contribution in [-0.4, -0.2) is 16.7 Å². The highest BCUT2D eigenvalue weighted by Gasteiger charge is 2.37. The number of carbonyl (C=O) groups excluding carboxylic acids is 1. The molecule has 2 atom stereocenters. The van der Waals surface area contributed by atoms with Gasteiger partial charge in [-0.1, -0.05) is 22.6 Å². The molecular formula is C10H11I2N2O3P. The van der Waals surface area contributed by atoms with Crippen molar-refractivity contribution in [1.82, 2.24) is 0 Å². The number of hydrogen-bond acceptors (Lipinski definition) is 5. The fraction of sp³-hybridized carbons (Fsp3) is 0.300. The van der Waals surface area contributed by atoms with Gasteiger partial charge in [0.2, 0.25) is 5.85 Å². The second-order valence-corrected chi connectivity index (χ2v) is 8.58. The van der Waals surface area contributed by atoms with Gasteiger partial charge in [-0.05, 0) is 28.7 Å². The van der Waals surface area contributed by atoms with Gasteiger partial charge in [-0.3, -0.25) is 16.3 Å². The molecule has 0 aromatic heterocycles. The van der Waals surface area contributed by atoms with Gasteiger partial charge in [0.25, 0.3) is 0 Å². The number of aromatic hydroxyl groups is 1. The molecule has 1 heterocycles. The van der Waals surface area contributed by atoms with Crippen molar-refractivity contribution in [2.24, 2.45) is 11.5 Å². The summed E-state index contributed by atoms with van der Waals surface area (Å²) in [5.74, 6) is -1.62. The number of halogens is 2. The van der Waals surface area contributed by atoms with E-state index in [4.69, 9.17) is 16.2 Å². The number of ketones is 1. The van der Waals surface area contributed by atoms with Gasteiger partial charge >= 0.3 is 0 Å². The lowest BCUT2D eigenvalue weighted by Crippen LogP contribution is -2.58. The van der Waals surface area contributed by atoms with Gasteiger partial charge in [0, 0.05) is 9.13 Å². The molecule has 0 bridgehead atoms. The molecule has 1 aromatic rings. The van der Waals surface area contributed by atoms with Gasteiger partial charge in [0.05, 0.1) is 10.1 Å². The zero-order chi connectivity index (χ0) is 13.7. The largest absolute Gasteiger partial charge is 0.507 e. The number of hydrogen-bond donors (Lipinski definition) is 3. The van der Waals surface area contributed by atoms with Crippen molar-refractivity contribution in [2.75, 3.05) is 0 Å². The summed E-state index contributed by atoms with van der Waals surface area (Å²) in [5, 5.41) is 10.2. The first-order chi connectivity index (χ1) is 8.23. The summed E-state index contributed by atoms with van der Waals surface area (Å²) in [7, 11) is 2.58. The molecule has 18 heavy (non-hydrogen) atoms. The van der Waals surface area contributed by atoms with Crippen LogP contribution in [0.3, 0.4) is 0 Å². The topological polar surface area (TPSA) is 98.6 Å². The predicted molar refractivity (Wildman–Crippen MR) is 88.0 cm³/mol. The molecule has 0 saturated heterocycles. The van der Waals surface area contributed by atoms with Crippen LogP contribution in [0.1, 0.15) is 26.0 Å². The molecule has 0 radical (unpaired) electrons. The van der Waals surface area contributed by atoms with Crippen molar-refractivity contribution in [3.05, 3.63) is 20.8 Å². The summed E-state index contributed by atoms with van der Waals surface area (Å²) in [4.78, 5) is 12.0. The molecule has 8 heteroatoms. The Labute approximate surface area is 133 Å². The summed E-state index contributed by atoms with van der Waals surface area (Å²) in [5.41, 5.74) is 12.1. The Morgan fingerprint density at radius 3 is 2.72 bits per heavy atom. The fourth-order valence-electron chi connectivity index (χ4n) is 1.82. The van der Waals surface area contributed by atoms with E-state index >= 15 is 0 Å².